The van der Waals surface area contributed by atoms with E-state index >= 15 is 0 Å². The van der Waals surface area contributed by atoms with Crippen LogP contribution >= 0.6 is 15.9 Å². The van der Waals surface area contributed by atoms with Crippen LogP contribution in [0, 0.1) is 5.82 Å². The van der Waals surface area contributed by atoms with Gasteiger partial charge in [-0.05, 0) is 53.5 Å². The minimum Gasteiger partial charge on any atom is -0.315 e. The Kier molecular flexibility index (Phi) is 5.17. The molecule has 1 heterocycles. The predicted molar refractivity (Wildman–Crippen MR) is 79.6 cm³/mol. The van der Waals surface area contributed by atoms with Crippen LogP contribution in [-0.2, 0) is 10.0 Å². The molecule has 0 saturated carbocycles. The van der Waals surface area contributed by atoms with E-state index in [0.717, 1.165) is 25.5 Å². The fourth-order valence-corrected chi connectivity index (χ4v) is 4.38. The van der Waals surface area contributed by atoms with E-state index in [2.05, 4.69) is 21.2 Å². The monoisotopic (exact) mass is 364 g/mol. The van der Waals surface area contributed by atoms with Gasteiger partial charge in [-0.25, -0.2) is 12.8 Å². The summed E-state index contributed by atoms with van der Waals surface area (Å²) in [7, 11) is -3.65. The highest BCUT2D eigenvalue weighted by Gasteiger charge is 2.32. The van der Waals surface area contributed by atoms with E-state index in [0.29, 0.717) is 13.1 Å². The van der Waals surface area contributed by atoms with Crippen LogP contribution in [-0.4, -0.2) is 38.4 Å². The van der Waals surface area contributed by atoms with Crippen LogP contribution in [0.4, 0.5) is 4.39 Å². The molecule has 1 atom stereocenters. The summed E-state index contributed by atoms with van der Waals surface area (Å²) in [6.07, 6.45) is 1.52. The summed E-state index contributed by atoms with van der Waals surface area (Å²) in [4.78, 5) is 0.0125. The topological polar surface area (TPSA) is 49.4 Å². The van der Waals surface area contributed by atoms with E-state index in [1.807, 2.05) is 6.92 Å². The SMILES string of the molecule is CCCN(C1CCNC1)S(=O)(=O)c1ccc(Br)c(F)c1. The number of nitrogens with zero attached hydrogens (tertiary/aromatic N) is 1. The van der Waals surface area contributed by atoms with Crippen molar-refractivity contribution in [3.63, 3.8) is 0 Å². The van der Waals surface area contributed by atoms with E-state index in [4.69, 9.17) is 0 Å². The van der Waals surface area contributed by atoms with Crippen LogP contribution in [0.3, 0.4) is 0 Å². The highest BCUT2D eigenvalue weighted by molar-refractivity contribution is 9.10. The van der Waals surface area contributed by atoms with Gasteiger partial charge in [0.05, 0.1) is 9.37 Å². The lowest BCUT2D eigenvalue weighted by Crippen LogP contribution is -2.42. The number of nitrogens with one attached hydrogen (secondary N) is 1. The van der Waals surface area contributed by atoms with Crippen molar-refractivity contribution in [2.45, 2.75) is 30.7 Å². The lowest BCUT2D eigenvalue weighted by atomic mass is 10.2. The lowest BCUT2D eigenvalue weighted by Gasteiger charge is -2.27. The van der Waals surface area contributed by atoms with Crippen LogP contribution in [0.25, 0.3) is 0 Å². The van der Waals surface area contributed by atoms with Crippen LogP contribution < -0.4 is 5.32 Å². The molecule has 1 saturated heterocycles. The minimum absolute atomic E-state index is 0.0125. The molecule has 112 valence electrons. The Hall–Kier alpha value is -0.500. The molecular formula is C13H18BrFN2O2S. The fourth-order valence-electron chi connectivity index (χ4n) is 2.38. The molecule has 0 amide bonds. The van der Waals surface area contributed by atoms with Gasteiger partial charge in [0, 0.05) is 19.1 Å². The number of hydrogen-bond acceptors (Lipinski definition) is 3. The summed E-state index contributed by atoms with van der Waals surface area (Å²) in [5.74, 6) is -0.563. The zero-order valence-corrected chi connectivity index (χ0v) is 13.7. The second kappa shape index (κ2) is 6.51. The van der Waals surface area contributed by atoms with Crippen LogP contribution in [0.5, 0.6) is 0 Å². The molecule has 0 aromatic heterocycles. The predicted octanol–water partition coefficient (Wildman–Crippen LogP) is 2.35. The van der Waals surface area contributed by atoms with Gasteiger partial charge in [0.25, 0.3) is 0 Å². The first-order valence-corrected chi connectivity index (χ1v) is 8.87. The second-order valence-corrected chi connectivity index (χ2v) is 7.58. The molecule has 1 aromatic rings. The summed E-state index contributed by atoms with van der Waals surface area (Å²) in [5.41, 5.74) is 0. The largest absolute Gasteiger partial charge is 0.315 e. The number of halogens is 2. The van der Waals surface area contributed by atoms with Gasteiger partial charge in [0.15, 0.2) is 0 Å². The first-order chi connectivity index (χ1) is 9.46. The van der Waals surface area contributed by atoms with Crippen molar-refractivity contribution in [1.29, 1.82) is 0 Å². The molecule has 1 aromatic carbocycles. The standard InChI is InChI=1S/C13H18BrFN2O2S/c1-2-7-17(10-5-6-16-9-10)20(18,19)11-3-4-12(14)13(15)8-11/h3-4,8,10,16H,2,5-7,9H2,1H3. The molecule has 1 fully saturated rings. The average molecular weight is 365 g/mol. The zero-order chi connectivity index (χ0) is 14.8. The van der Waals surface area contributed by atoms with Crippen LogP contribution in [0.15, 0.2) is 27.6 Å². The quantitative estimate of drug-likeness (QED) is 0.872. The van der Waals surface area contributed by atoms with Gasteiger partial charge in [-0.2, -0.15) is 4.31 Å². The molecule has 1 aliphatic rings. The van der Waals surface area contributed by atoms with Gasteiger partial charge in [0.2, 0.25) is 10.0 Å². The summed E-state index contributed by atoms with van der Waals surface area (Å²) < 4.78 is 40.7. The number of rotatable bonds is 5. The summed E-state index contributed by atoms with van der Waals surface area (Å²) in [6, 6.07) is 3.89. The highest BCUT2D eigenvalue weighted by Crippen LogP contribution is 2.25. The van der Waals surface area contributed by atoms with Crippen molar-refractivity contribution >= 4 is 26.0 Å². The molecule has 7 heteroatoms. The number of sulfonamides is 1. The molecule has 1 N–H and O–H groups in total. The normalized spacial score (nSPS) is 19.7. The summed E-state index contributed by atoms with van der Waals surface area (Å²) >= 11 is 3.04. The third-order valence-electron chi connectivity index (χ3n) is 3.38. The maximum Gasteiger partial charge on any atom is 0.243 e. The Morgan fingerprint density at radius 3 is 2.80 bits per heavy atom. The first kappa shape index (κ1) is 15.9. The Morgan fingerprint density at radius 2 is 2.25 bits per heavy atom. The van der Waals surface area contributed by atoms with Crippen molar-refractivity contribution in [2.24, 2.45) is 0 Å². The van der Waals surface area contributed by atoms with E-state index < -0.39 is 15.8 Å². The first-order valence-electron chi connectivity index (χ1n) is 6.64. The van der Waals surface area contributed by atoms with Gasteiger partial charge in [-0.15, -0.1) is 0 Å². The van der Waals surface area contributed by atoms with E-state index in [1.165, 1.54) is 16.4 Å². The smallest absolute Gasteiger partial charge is 0.243 e. The molecule has 1 aliphatic heterocycles. The van der Waals surface area contributed by atoms with Crippen molar-refractivity contribution in [2.75, 3.05) is 19.6 Å². The van der Waals surface area contributed by atoms with Gasteiger partial charge in [-0.1, -0.05) is 6.92 Å². The summed E-state index contributed by atoms with van der Waals surface area (Å²) in [5, 5.41) is 3.17. The molecule has 2 rings (SSSR count). The average Bonchev–Trinajstić information content (AvgIpc) is 2.92. The van der Waals surface area contributed by atoms with E-state index in [9.17, 15) is 12.8 Å². The maximum absolute atomic E-state index is 13.6. The minimum atomic E-state index is -3.65. The molecule has 1 unspecified atom stereocenters. The van der Waals surface area contributed by atoms with Gasteiger partial charge in [-0.3, -0.25) is 0 Å². The fraction of sp³-hybridized carbons (Fsp3) is 0.538. The second-order valence-electron chi connectivity index (χ2n) is 4.84. The Bertz CT molecular complexity index is 574. The maximum atomic E-state index is 13.6. The van der Waals surface area contributed by atoms with Crippen molar-refractivity contribution in [1.82, 2.24) is 9.62 Å². The molecule has 20 heavy (non-hydrogen) atoms. The Labute approximate surface area is 127 Å². The molecule has 0 aliphatic carbocycles. The summed E-state index contributed by atoms with van der Waals surface area (Å²) in [6.45, 7) is 3.85. The van der Waals surface area contributed by atoms with E-state index in [-0.39, 0.29) is 15.4 Å². The van der Waals surface area contributed by atoms with Crippen molar-refractivity contribution in [3.8, 4) is 0 Å². The van der Waals surface area contributed by atoms with Crippen LogP contribution in [0.1, 0.15) is 19.8 Å². The lowest BCUT2D eigenvalue weighted by molar-refractivity contribution is 0.335. The van der Waals surface area contributed by atoms with Crippen molar-refractivity contribution < 1.29 is 12.8 Å². The zero-order valence-electron chi connectivity index (χ0n) is 11.3. The number of benzene rings is 1. The van der Waals surface area contributed by atoms with E-state index in [1.54, 1.807) is 0 Å². The van der Waals surface area contributed by atoms with Gasteiger partial charge < -0.3 is 5.32 Å². The Morgan fingerprint density at radius 1 is 1.50 bits per heavy atom. The molecule has 4 nitrogen and oxygen atoms in total. The molecule has 0 spiro atoms. The molecular weight excluding hydrogens is 347 g/mol. The third-order valence-corrected chi connectivity index (χ3v) is 5.97. The third kappa shape index (κ3) is 3.21. The van der Waals surface area contributed by atoms with Gasteiger partial charge in [0.1, 0.15) is 5.82 Å². The van der Waals surface area contributed by atoms with Crippen molar-refractivity contribution in [3.05, 3.63) is 28.5 Å². The number of hydrogen-bond donors (Lipinski definition) is 1. The van der Waals surface area contributed by atoms with Crippen LogP contribution in [0.2, 0.25) is 0 Å². The molecule has 0 radical (unpaired) electrons. The highest BCUT2D eigenvalue weighted by atomic mass is 79.9. The molecule has 0 bridgehead atoms. The Balaban J connectivity index is 2.36. The van der Waals surface area contributed by atoms with Gasteiger partial charge >= 0.3 is 0 Å².